The minimum absolute atomic E-state index is 0.0216. The van der Waals surface area contributed by atoms with Crippen LogP contribution in [-0.4, -0.2) is 175 Å². The Morgan fingerprint density at radius 1 is 0.583 bits per heavy atom. The van der Waals surface area contributed by atoms with Crippen LogP contribution in [0.5, 0.6) is 0 Å². The molecule has 3 fully saturated rings. The fourth-order valence-electron chi connectivity index (χ4n) is 9.99. The molecule has 8 atom stereocenters. The number of aliphatic hydroxyl groups excluding tert-OH is 6. The van der Waals surface area contributed by atoms with Gasteiger partial charge in [-0.15, -0.1) is 0 Å². The van der Waals surface area contributed by atoms with Gasteiger partial charge in [0.2, 0.25) is 23.7 Å². The molecule has 9 rings (SSSR count). The smallest absolute Gasteiger partial charge is 0.246 e. The number of imidazole rings is 4. The van der Waals surface area contributed by atoms with E-state index in [2.05, 4.69) is 69.6 Å². The number of hydrogen-bond donors (Lipinski definition) is 12. The predicted molar refractivity (Wildman–Crippen MR) is 263 cm³/mol. The van der Waals surface area contributed by atoms with Gasteiger partial charge in [-0.1, -0.05) is 0 Å². The van der Waals surface area contributed by atoms with Crippen molar-refractivity contribution < 1.29 is 40.2 Å². The maximum Gasteiger partial charge on any atom is 0.246 e. The number of hydrogen-bond acceptors (Lipinski definition) is 20. The van der Waals surface area contributed by atoms with Gasteiger partial charge in [0.1, 0.15) is 37.6 Å². The van der Waals surface area contributed by atoms with E-state index in [1.807, 2.05) is 34.2 Å². The number of carbonyl (C=O) groups is 2. The van der Waals surface area contributed by atoms with Crippen molar-refractivity contribution >= 4 is 57.7 Å². The number of fused-ring (bicyclic) bond motifs is 2. The minimum atomic E-state index is -1.28. The van der Waals surface area contributed by atoms with Crippen LogP contribution < -0.4 is 31.9 Å². The summed E-state index contributed by atoms with van der Waals surface area (Å²) in [5.41, 5.74) is 3.60. The zero-order valence-electron chi connectivity index (χ0n) is 40.7. The average molecular weight is 999 g/mol. The van der Waals surface area contributed by atoms with Crippen molar-refractivity contribution in [3.63, 3.8) is 0 Å². The van der Waals surface area contributed by atoms with Gasteiger partial charge in [-0.05, 0) is 66.2 Å². The summed E-state index contributed by atoms with van der Waals surface area (Å²) in [6.07, 6.45) is 10.2. The van der Waals surface area contributed by atoms with Crippen molar-refractivity contribution in [1.82, 2.24) is 68.8 Å². The van der Waals surface area contributed by atoms with Crippen LogP contribution in [0.2, 0.25) is 0 Å². The maximum absolute atomic E-state index is 12.1. The van der Waals surface area contributed by atoms with E-state index < -0.39 is 73.6 Å². The summed E-state index contributed by atoms with van der Waals surface area (Å²) >= 11 is 0. The van der Waals surface area contributed by atoms with E-state index in [1.165, 1.54) is 0 Å². The van der Waals surface area contributed by atoms with Crippen molar-refractivity contribution in [2.24, 2.45) is 0 Å². The lowest BCUT2D eigenvalue weighted by Crippen LogP contribution is -2.44. The molecule has 12 N–H and O–H groups in total. The Morgan fingerprint density at radius 2 is 0.986 bits per heavy atom. The maximum atomic E-state index is 12.1. The molecule has 0 bridgehead atoms. The summed E-state index contributed by atoms with van der Waals surface area (Å²) in [6, 6.07) is -2.48. The molecule has 0 radical (unpaired) electrons. The molecule has 6 aromatic rings. The van der Waals surface area contributed by atoms with E-state index in [1.54, 1.807) is 21.8 Å². The highest BCUT2D eigenvalue weighted by Crippen LogP contribution is 2.37. The average Bonchev–Trinajstić information content (AvgIpc) is 4.25. The Kier molecular flexibility index (Phi) is 15.1. The summed E-state index contributed by atoms with van der Waals surface area (Å²) in [4.78, 5) is 62.1. The van der Waals surface area contributed by atoms with E-state index in [4.69, 9.17) is 29.9 Å². The fourth-order valence-corrected chi connectivity index (χ4v) is 9.99. The lowest BCUT2D eigenvalue weighted by molar-refractivity contribution is -0.126. The monoisotopic (exact) mass is 999 g/mol. The Hall–Kier alpha value is -6.58. The van der Waals surface area contributed by atoms with Crippen molar-refractivity contribution in [3.05, 3.63) is 49.1 Å². The Morgan fingerprint density at radius 3 is 1.35 bits per heavy atom. The first-order valence-electron chi connectivity index (χ1n) is 24.7. The Bertz CT molecular complexity index is 2630. The molecule has 2 amide bonds. The van der Waals surface area contributed by atoms with Crippen LogP contribution in [0.4, 0.5) is 23.5 Å². The minimum Gasteiger partial charge on any atom is -0.388 e. The third-order valence-electron chi connectivity index (χ3n) is 14.1. The molecular formula is C46H66N18O8. The number of amides is 2. The first-order chi connectivity index (χ1) is 34.7. The zero-order chi connectivity index (χ0) is 50.8. The fraction of sp³-hybridized carbons (Fsp3) is 0.609. The SMILES string of the molecule is CC(C)n1cnc(CCNc2nc(N[C@H]3CC[C@H](Nc4nc(NCCc5cn(C(C)C)cn5)nc5c4ncn5[C@@H]4C[C@H](NC(=O)CO)[C@@H](O)[C@H]4O)CC3)c3ncn([C@@H]4C[C@H](NC(=O)CO)[C@@H](O)[C@H]4O)c3n2)c1. The molecule has 0 spiro atoms. The quantitative estimate of drug-likeness (QED) is 0.0477. The van der Waals surface area contributed by atoms with Crippen molar-refractivity contribution in [1.29, 1.82) is 0 Å². The van der Waals surface area contributed by atoms with Crippen LogP contribution in [-0.2, 0) is 22.4 Å². The van der Waals surface area contributed by atoms with Crippen LogP contribution in [0.1, 0.15) is 102 Å². The second-order valence-electron chi connectivity index (χ2n) is 19.7. The summed E-state index contributed by atoms with van der Waals surface area (Å²) in [6.45, 7) is 7.82. The van der Waals surface area contributed by atoms with E-state index in [-0.39, 0.29) is 37.0 Å². The molecule has 72 heavy (non-hydrogen) atoms. The standard InChI is InChI=1S/C46H66N18O8/c1-23(2)61-15-27(49-19-61)9-11-47-45-57-41(35-43(59-45)63(21-51-35)31-13-29(37(69)39(31)71)55-33(67)17-65)53-25-5-7-26(8-6-25)54-42-36-44(60-46(58-42)48-12-10-28-16-62(20-50-28)24(3)4)64(22-52-36)32-14-30(38(70)40(32)72)56-34(68)18-66/h15-16,19-26,29-32,37-40,65-66,69-72H,5-14,17-18H2,1-4H3,(H,55,67)(H,56,68)(H2,47,53,57,59)(H2,48,54,58,60)/t25-,26-,29-,30-,31+,32+,37+,38+,39-,40-/m0/s1. The number of anilines is 4. The number of nitrogens with zero attached hydrogens (tertiary/aromatic N) is 12. The van der Waals surface area contributed by atoms with Crippen LogP contribution >= 0.6 is 0 Å². The summed E-state index contributed by atoms with van der Waals surface area (Å²) in [7, 11) is 0. The molecule has 0 unspecified atom stereocenters. The lowest BCUT2D eigenvalue weighted by Gasteiger charge is -2.30. The first-order valence-corrected chi connectivity index (χ1v) is 24.7. The second kappa shape index (κ2) is 21.6. The van der Waals surface area contributed by atoms with Gasteiger partial charge in [0, 0.05) is 62.5 Å². The molecular weight excluding hydrogens is 933 g/mol. The van der Waals surface area contributed by atoms with Crippen LogP contribution in [0.25, 0.3) is 22.3 Å². The molecule has 26 heteroatoms. The first kappa shape index (κ1) is 50.4. The molecule has 388 valence electrons. The highest BCUT2D eigenvalue weighted by molar-refractivity contribution is 5.86. The molecule has 0 aliphatic heterocycles. The Balaban J connectivity index is 0.928. The van der Waals surface area contributed by atoms with Gasteiger partial charge in [0.15, 0.2) is 34.0 Å². The van der Waals surface area contributed by atoms with Gasteiger partial charge in [0.25, 0.3) is 0 Å². The molecule has 6 heterocycles. The molecule has 6 aromatic heterocycles. The normalized spacial score (nSPS) is 25.4. The molecule has 3 aliphatic rings. The van der Waals surface area contributed by atoms with E-state index >= 15 is 0 Å². The van der Waals surface area contributed by atoms with Crippen molar-refractivity contribution in [2.45, 2.75) is 152 Å². The number of aromatic nitrogens is 12. The van der Waals surface area contributed by atoms with E-state index in [0.29, 0.717) is 71.8 Å². The van der Waals surface area contributed by atoms with Crippen LogP contribution in [0.15, 0.2) is 37.7 Å². The van der Waals surface area contributed by atoms with Gasteiger partial charge < -0.3 is 80.8 Å². The zero-order valence-corrected chi connectivity index (χ0v) is 40.7. The highest BCUT2D eigenvalue weighted by atomic mass is 16.3. The van der Waals surface area contributed by atoms with Crippen LogP contribution in [0.3, 0.4) is 0 Å². The number of rotatable bonds is 20. The van der Waals surface area contributed by atoms with Gasteiger partial charge in [-0.3, -0.25) is 9.59 Å². The highest BCUT2D eigenvalue weighted by Gasteiger charge is 2.45. The van der Waals surface area contributed by atoms with Crippen molar-refractivity contribution in [3.8, 4) is 0 Å². The largest absolute Gasteiger partial charge is 0.388 e. The van der Waals surface area contributed by atoms with E-state index in [9.17, 15) is 40.2 Å². The summed E-state index contributed by atoms with van der Waals surface area (Å²) < 4.78 is 7.49. The second-order valence-corrected chi connectivity index (χ2v) is 19.7. The Labute approximate surface area is 414 Å². The van der Waals surface area contributed by atoms with Gasteiger partial charge in [-0.25, -0.2) is 19.9 Å². The third-order valence-corrected chi connectivity index (χ3v) is 14.1. The summed E-state index contributed by atoms with van der Waals surface area (Å²) in [5.74, 6) is 0.330. The lowest BCUT2D eigenvalue weighted by atomic mass is 9.91. The topological polar surface area (TPSA) is 351 Å². The number of aliphatic hydroxyl groups is 6. The van der Waals surface area contributed by atoms with Gasteiger partial charge in [-0.2, -0.15) is 19.9 Å². The predicted octanol–water partition coefficient (Wildman–Crippen LogP) is -0.0474. The molecule has 3 aliphatic carbocycles. The number of carbonyl (C=O) groups excluding carboxylic acids is 2. The molecule has 26 nitrogen and oxygen atoms in total. The molecule has 0 aromatic carbocycles. The summed E-state index contributed by atoms with van der Waals surface area (Å²) in [5, 5.41) is 82.0. The molecule has 0 saturated heterocycles. The van der Waals surface area contributed by atoms with Gasteiger partial charge in [0.05, 0.1) is 60.9 Å². The van der Waals surface area contributed by atoms with Crippen molar-refractivity contribution in [2.75, 3.05) is 47.6 Å². The van der Waals surface area contributed by atoms with Crippen LogP contribution in [0, 0.1) is 0 Å². The molecule has 3 saturated carbocycles. The van der Waals surface area contributed by atoms with E-state index in [0.717, 1.165) is 37.1 Å². The third kappa shape index (κ3) is 10.8. The van der Waals surface area contributed by atoms with Gasteiger partial charge >= 0.3 is 0 Å². The number of nitrogens with one attached hydrogen (secondary N) is 6.